The van der Waals surface area contributed by atoms with Crippen molar-refractivity contribution < 1.29 is 62.3 Å². The fourth-order valence-corrected chi connectivity index (χ4v) is 8.01. The third-order valence-electron chi connectivity index (χ3n) is 13.7. The van der Waals surface area contributed by atoms with E-state index >= 15 is 0 Å². The molecule has 0 aromatic heterocycles. The fourth-order valence-electron chi connectivity index (χ4n) is 8.01. The van der Waals surface area contributed by atoms with Gasteiger partial charge in [-0.05, 0) is 135 Å². The van der Waals surface area contributed by atoms with Crippen molar-refractivity contribution in [3.8, 4) is 0 Å². The smallest absolute Gasteiger partial charge is 0.408 e. The van der Waals surface area contributed by atoms with Gasteiger partial charge < -0.3 is 69.0 Å². The molecule has 0 heterocycles. The van der Waals surface area contributed by atoms with Gasteiger partial charge in [0.05, 0.1) is 6.54 Å². The number of alkyl carbamates (subject to hydrolysis) is 1. The second-order valence-electron chi connectivity index (χ2n) is 25.0. The Morgan fingerprint density at radius 1 is 0.451 bits per heavy atom. The van der Waals surface area contributed by atoms with E-state index in [1.807, 2.05) is 6.07 Å². The van der Waals surface area contributed by atoms with Crippen LogP contribution in [0.25, 0.3) is 0 Å². The van der Waals surface area contributed by atoms with Gasteiger partial charge in [-0.1, -0.05) is 73.5 Å². The number of rotatable bonds is 26. The Balaban J connectivity index is 1.65. The van der Waals surface area contributed by atoms with Crippen LogP contribution in [-0.2, 0) is 70.5 Å². The van der Waals surface area contributed by atoms with Gasteiger partial charge in [-0.2, -0.15) is 0 Å². The van der Waals surface area contributed by atoms with Crippen LogP contribution in [0.5, 0.6) is 0 Å². The normalized spacial score (nSPS) is 14.2. The van der Waals surface area contributed by atoms with Crippen LogP contribution in [0, 0.1) is 0 Å². The number of nitrogens with one attached hydrogen (secondary N) is 11. The first kappa shape index (κ1) is 68.2. The Kier molecular flexibility index (Phi) is 21.8. The summed E-state index contributed by atoms with van der Waals surface area (Å²) in [6.07, 6.45) is 0.558. The molecule has 1 aliphatic rings. The first-order chi connectivity index (χ1) is 37.4. The van der Waals surface area contributed by atoms with Crippen molar-refractivity contribution in [2.75, 3.05) is 6.54 Å². The molecule has 452 valence electrons. The van der Waals surface area contributed by atoms with Gasteiger partial charge in [-0.25, -0.2) is 4.79 Å². The zero-order valence-electron chi connectivity index (χ0n) is 50.2. The second kappa shape index (κ2) is 26.2. The maximum absolute atomic E-state index is 14.2. The molecule has 0 aliphatic heterocycles. The maximum atomic E-state index is 14.2. The van der Waals surface area contributed by atoms with Crippen molar-refractivity contribution in [1.82, 2.24) is 58.5 Å². The molecule has 3 rings (SSSR count). The van der Waals surface area contributed by atoms with E-state index in [4.69, 9.17) is 10.5 Å². The minimum atomic E-state index is -1.72. The highest BCUT2D eigenvalue weighted by Crippen LogP contribution is 2.32. The van der Waals surface area contributed by atoms with Gasteiger partial charge in [0.1, 0.15) is 62.5 Å². The summed E-state index contributed by atoms with van der Waals surface area (Å²) in [5, 5.41) is 28.7. The van der Waals surface area contributed by atoms with Gasteiger partial charge in [0.2, 0.25) is 65.0 Å². The van der Waals surface area contributed by atoms with Crippen LogP contribution < -0.4 is 64.2 Å². The predicted molar refractivity (Wildman–Crippen MR) is 303 cm³/mol. The molecule has 25 heteroatoms. The summed E-state index contributed by atoms with van der Waals surface area (Å²) in [6.45, 7) is 21.7. The van der Waals surface area contributed by atoms with Crippen LogP contribution in [-0.4, -0.2) is 134 Å². The summed E-state index contributed by atoms with van der Waals surface area (Å²) in [7, 11) is 0. The largest absolute Gasteiger partial charge is 0.445 e. The summed E-state index contributed by atoms with van der Waals surface area (Å²) in [5.41, 5.74) is -8.34. The number of ether oxygens (including phenoxy) is 1. The van der Waals surface area contributed by atoms with E-state index in [2.05, 4.69) is 58.5 Å². The SMILES string of the molecule is CC(C)(NC(=O)[C@H](Cc1ccccc1)NC(=O)OCc1ccccc1)C(=O)NC(C)(C)C(=O)NC(C)(C)C(=O)NC(C)(C)C(=O)NC1(C(=O)NC(C)(C)C(=O)NC(C)(C)C(=O)NC(C)(C)C(=O)NC(C)(C)C(=O)NCC(N)=O)CCCC1. The van der Waals surface area contributed by atoms with Gasteiger partial charge in [0, 0.05) is 6.42 Å². The second-order valence-corrected chi connectivity index (χ2v) is 25.0. The van der Waals surface area contributed by atoms with E-state index in [0.717, 1.165) is 5.56 Å². The van der Waals surface area contributed by atoms with E-state index in [0.29, 0.717) is 18.4 Å². The number of nitrogens with two attached hydrogens (primary N) is 1. The lowest BCUT2D eigenvalue weighted by Crippen LogP contribution is -2.70. The Labute approximate surface area is 479 Å². The van der Waals surface area contributed by atoms with E-state index < -0.39 is 134 Å². The van der Waals surface area contributed by atoms with E-state index in [-0.39, 0.29) is 25.9 Å². The molecule has 82 heavy (non-hydrogen) atoms. The van der Waals surface area contributed by atoms with Crippen LogP contribution in [0.3, 0.4) is 0 Å². The van der Waals surface area contributed by atoms with Crippen molar-refractivity contribution >= 4 is 71.1 Å². The van der Waals surface area contributed by atoms with E-state index in [9.17, 15) is 57.5 Å². The summed E-state index contributed by atoms with van der Waals surface area (Å²) < 4.78 is 5.36. The predicted octanol–water partition coefficient (Wildman–Crippen LogP) is 0.713. The number of hydrogen-bond acceptors (Lipinski definition) is 13. The molecule has 12 amide bonds. The lowest BCUT2D eigenvalue weighted by Gasteiger charge is -2.39. The molecule has 25 nitrogen and oxygen atoms in total. The highest BCUT2D eigenvalue weighted by molar-refractivity contribution is 6.03. The Morgan fingerprint density at radius 2 is 0.780 bits per heavy atom. The van der Waals surface area contributed by atoms with Gasteiger partial charge in [-0.3, -0.25) is 52.7 Å². The van der Waals surface area contributed by atoms with Crippen LogP contribution in [0.1, 0.15) is 148 Å². The first-order valence-corrected chi connectivity index (χ1v) is 26.9. The lowest BCUT2D eigenvalue weighted by atomic mass is 9.90. The summed E-state index contributed by atoms with van der Waals surface area (Å²) in [6, 6.07) is 16.7. The van der Waals surface area contributed by atoms with Crippen LogP contribution in [0.4, 0.5) is 4.79 Å². The summed E-state index contributed by atoms with van der Waals surface area (Å²) in [4.78, 5) is 161. The van der Waals surface area contributed by atoms with Crippen molar-refractivity contribution in [2.24, 2.45) is 5.73 Å². The zero-order chi connectivity index (χ0) is 62.7. The van der Waals surface area contributed by atoms with Crippen molar-refractivity contribution in [1.29, 1.82) is 0 Å². The summed E-state index contributed by atoms with van der Waals surface area (Å²) >= 11 is 0. The Morgan fingerprint density at radius 3 is 1.16 bits per heavy atom. The number of benzene rings is 2. The van der Waals surface area contributed by atoms with Gasteiger partial charge in [-0.15, -0.1) is 0 Å². The van der Waals surface area contributed by atoms with Crippen molar-refractivity contribution in [3.63, 3.8) is 0 Å². The monoisotopic (exact) mass is 1150 g/mol. The van der Waals surface area contributed by atoms with E-state index in [1.54, 1.807) is 54.6 Å². The molecule has 1 saturated carbocycles. The molecule has 0 unspecified atom stereocenters. The molecule has 2 aromatic carbocycles. The maximum Gasteiger partial charge on any atom is 0.408 e. The van der Waals surface area contributed by atoms with Crippen LogP contribution in [0.15, 0.2) is 60.7 Å². The number of carbonyl (C=O) groups excluding carboxylic acids is 12. The molecule has 1 atom stereocenters. The molecule has 0 bridgehead atoms. The van der Waals surface area contributed by atoms with Crippen LogP contribution in [0.2, 0.25) is 0 Å². The fraction of sp³-hybridized carbons (Fsp3) is 0.579. The average molecular weight is 1150 g/mol. The highest BCUT2D eigenvalue weighted by atomic mass is 16.5. The molecule has 1 aliphatic carbocycles. The number of primary amides is 1. The standard InChI is InChI=1S/C57H86N12O13/c1-49(2,39(72)59-32-37(58)70)62-41(74)51(5,6)64-43(76)53(9,10)66-45(78)55(13,14)68-47(80)57(29-23-24-30-57)69-46(79)56(15,16)67-44(77)54(11,12)65-42(75)52(7,8)63-40(73)50(3,4)61-38(71)36(31-34-25-19-17-20-26-34)60-48(81)82-33-35-27-21-18-22-28-35/h17-22,25-28,36H,23-24,29-33H2,1-16H3,(H2,58,70)(H,59,72)(H,60,81)(H,61,71)(H,62,74)(H,63,73)(H,64,76)(H,65,75)(H,66,78)(H,67,77)(H,68,80)(H,69,79)/t36-/m0/s1. The third-order valence-corrected chi connectivity index (χ3v) is 13.7. The van der Waals surface area contributed by atoms with Gasteiger partial charge in [0.15, 0.2) is 0 Å². The molecule has 0 saturated heterocycles. The molecule has 0 radical (unpaired) electrons. The first-order valence-electron chi connectivity index (χ1n) is 26.9. The quantitative estimate of drug-likeness (QED) is 0.0619. The van der Waals surface area contributed by atoms with Crippen LogP contribution >= 0.6 is 0 Å². The minimum absolute atomic E-state index is 0.0499. The molecule has 1 fully saturated rings. The zero-order valence-corrected chi connectivity index (χ0v) is 50.2. The van der Waals surface area contributed by atoms with Crippen molar-refractivity contribution in [2.45, 2.75) is 205 Å². The Hall–Kier alpha value is -8.12. The van der Waals surface area contributed by atoms with Gasteiger partial charge in [0.25, 0.3) is 0 Å². The topological polar surface area (TPSA) is 372 Å². The highest BCUT2D eigenvalue weighted by Gasteiger charge is 2.50. The average Bonchev–Trinajstić information content (AvgIpc) is 3.89. The molecule has 13 N–H and O–H groups in total. The molecular weight excluding hydrogens is 1060 g/mol. The molecule has 0 spiro atoms. The number of hydrogen-bond donors (Lipinski definition) is 12. The molecule has 2 aromatic rings. The number of amides is 12. The minimum Gasteiger partial charge on any atom is -0.445 e. The Bertz CT molecular complexity index is 2750. The third kappa shape index (κ3) is 19.0. The lowest BCUT2D eigenvalue weighted by molar-refractivity contribution is -0.143. The van der Waals surface area contributed by atoms with Gasteiger partial charge >= 0.3 is 6.09 Å². The summed E-state index contributed by atoms with van der Waals surface area (Å²) in [5.74, 6) is -8.51. The van der Waals surface area contributed by atoms with E-state index in [1.165, 1.54) is 111 Å². The number of carbonyl (C=O) groups is 12. The molecular formula is C57H86N12O13. The van der Waals surface area contributed by atoms with Crippen molar-refractivity contribution in [3.05, 3.63) is 71.8 Å².